The normalized spacial score (nSPS) is 12.7. The van der Waals surface area contributed by atoms with Gasteiger partial charge >= 0.3 is 12.4 Å². The summed E-state index contributed by atoms with van der Waals surface area (Å²) in [6, 6.07) is 12.2. The van der Waals surface area contributed by atoms with Crippen molar-refractivity contribution in [3.05, 3.63) is 101 Å². The Bertz CT molecular complexity index is 1390. The molecule has 3 nitrogen and oxygen atoms in total. The lowest BCUT2D eigenvalue weighted by molar-refractivity contribution is -0.141. The van der Waals surface area contributed by atoms with Crippen LogP contribution in [-0.4, -0.2) is 22.9 Å². The van der Waals surface area contributed by atoms with Crippen molar-refractivity contribution in [3.63, 3.8) is 0 Å². The van der Waals surface area contributed by atoms with Crippen molar-refractivity contribution in [2.45, 2.75) is 19.3 Å². The van der Waals surface area contributed by atoms with E-state index in [1.165, 1.54) is 43.3 Å². The van der Waals surface area contributed by atoms with Crippen molar-refractivity contribution < 1.29 is 30.7 Å². The number of benzene rings is 2. The van der Waals surface area contributed by atoms with E-state index in [9.17, 15) is 30.7 Å². The summed E-state index contributed by atoms with van der Waals surface area (Å²) >= 11 is 0. The number of rotatable bonds is 4. The van der Waals surface area contributed by atoms with Gasteiger partial charge in [-0.25, -0.2) is 14.4 Å². The maximum absolute atomic E-state index is 13.5. The van der Waals surface area contributed by atoms with Crippen LogP contribution in [0.4, 0.5) is 30.7 Å². The van der Waals surface area contributed by atoms with Crippen LogP contribution in [0.2, 0.25) is 0 Å². The lowest BCUT2D eigenvalue weighted by Crippen LogP contribution is -2.11. The van der Waals surface area contributed by atoms with Gasteiger partial charge < -0.3 is 0 Å². The van der Waals surface area contributed by atoms with E-state index in [4.69, 9.17) is 0 Å². The molecular weight excluding hydrogens is 487 g/mol. The quantitative estimate of drug-likeness (QED) is 0.163. The summed E-state index contributed by atoms with van der Waals surface area (Å²) in [5.74, 6) is 4.94. The second-order valence-electron chi connectivity index (χ2n) is 7.35. The third kappa shape index (κ3) is 6.88. The van der Waals surface area contributed by atoms with Crippen molar-refractivity contribution in [2.24, 2.45) is 4.99 Å². The monoisotopic (exact) mass is 503 g/mol. The average Bonchev–Trinajstić information content (AvgIpc) is 2.82. The molecule has 0 amide bonds. The minimum Gasteiger partial charge on any atom is -0.260 e. The Morgan fingerprint density at radius 1 is 0.889 bits per heavy atom. The zero-order valence-electron chi connectivity index (χ0n) is 18.5. The maximum Gasteiger partial charge on any atom is 0.433 e. The third-order valence-electron chi connectivity index (χ3n) is 4.69. The maximum atomic E-state index is 13.5. The van der Waals surface area contributed by atoms with Crippen LogP contribution in [0.3, 0.4) is 0 Å². The van der Waals surface area contributed by atoms with Gasteiger partial charge in [-0.05, 0) is 67.8 Å². The van der Waals surface area contributed by atoms with Crippen LogP contribution in [0.1, 0.15) is 29.4 Å². The number of hydrogen-bond acceptors (Lipinski definition) is 3. The van der Waals surface area contributed by atoms with E-state index in [0.29, 0.717) is 23.3 Å². The van der Waals surface area contributed by atoms with E-state index in [1.54, 1.807) is 12.1 Å². The molecule has 3 aromatic rings. The van der Waals surface area contributed by atoms with E-state index < -0.39 is 29.6 Å². The molecule has 0 spiro atoms. The summed E-state index contributed by atoms with van der Waals surface area (Å²) in [4.78, 5) is 10.6. The molecule has 0 bridgehead atoms. The fourth-order valence-corrected chi connectivity index (χ4v) is 2.86. The number of allylic oxidation sites excluding steroid dienone is 4. The van der Waals surface area contributed by atoms with Gasteiger partial charge in [0.2, 0.25) is 0 Å². The Hall–Kier alpha value is -4.26. The molecule has 0 aliphatic carbocycles. The molecular formula is C26H16F7N3. The number of alkyl halides is 6. The van der Waals surface area contributed by atoms with Crippen LogP contribution in [0.25, 0.3) is 17.0 Å². The summed E-state index contributed by atoms with van der Waals surface area (Å²) in [6.07, 6.45) is -8.05. The molecule has 0 aliphatic rings. The smallest absolute Gasteiger partial charge is 0.260 e. The van der Waals surface area contributed by atoms with E-state index in [2.05, 4.69) is 33.5 Å². The van der Waals surface area contributed by atoms with Crippen molar-refractivity contribution >= 4 is 12.3 Å². The molecule has 1 aromatic heterocycles. The second kappa shape index (κ2) is 10.6. The van der Waals surface area contributed by atoms with Gasteiger partial charge in [-0.2, -0.15) is 26.3 Å². The SMILES string of the molecule is C=N/C(=C\C=C(/C)c1cc(C(F)(F)F)nc(-c2cccc(C#Cc3ccc(F)cc3)c2)n1)C(F)(F)F. The van der Waals surface area contributed by atoms with Crippen LogP contribution in [0.15, 0.2) is 77.4 Å². The van der Waals surface area contributed by atoms with Crippen LogP contribution in [0.5, 0.6) is 0 Å². The Kier molecular flexibility index (Phi) is 7.73. The zero-order chi connectivity index (χ0) is 26.5. The number of hydrogen-bond donors (Lipinski definition) is 0. The average molecular weight is 503 g/mol. The number of halogens is 7. The number of aliphatic imine (C=N–C) groups is 1. The molecule has 184 valence electrons. The molecule has 0 atom stereocenters. The minimum absolute atomic E-state index is 0.0156. The molecule has 36 heavy (non-hydrogen) atoms. The molecule has 0 saturated heterocycles. The molecule has 0 radical (unpaired) electrons. The van der Waals surface area contributed by atoms with Crippen molar-refractivity contribution in [1.82, 2.24) is 9.97 Å². The van der Waals surface area contributed by atoms with Gasteiger partial charge in [-0.15, -0.1) is 0 Å². The number of nitrogens with zero attached hydrogens (tertiary/aromatic N) is 3. The third-order valence-corrected chi connectivity index (χ3v) is 4.69. The van der Waals surface area contributed by atoms with Gasteiger partial charge in [0.1, 0.15) is 17.2 Å². The van der Waals surface area contributed by atoms with E-state index >= 15 is 0 Å². The highest BCUT2D eigenvalue weighted by molar-refractivity contribution is 5.66. The highest BCUT2D eigenvalue weighted by atomic mass is 19.4. The summed E-state index contributed by atoms with van der Waals surface area (Å²) < 4.78 is 92.2. The van der Waals surface area contributed by atoms with E-state index in [1.807, 2.05) is 0 Å². The topological polar surface area (TPSA) is 38.1 Å². The fraction of sp³-hybridized carbons (Fsp3) is 0.115. The molecule has 0 saturated carbocycles. The molecule has 0 N–H and O–H groups in total. The molecule has 0 unspecified atom stereocenters. The van der Waals surface area contributed by atoms with E-state index in [0.717, 1.165) is 6.08 Å². The molecule has 0 fully saturated rings. The molecule has 10 heteroatoms. The van der Waals surface area contributed by atoms with Crippen molar-refractivity contribution in [2.75, 3.05) is 0 Å². The lowest BCUT2D eigenvalue weighted by atomic mass is 10.1. The molecule has 0 aliphatic heterocycles. The molecule has 2 aromatic carbocycles. The summed E-state index contributed by atoms with van der Waals surface area (Å²) in [5, 5.41) is 0. The first-order chi connectivity index (χ1) is 16.9. The van der Waals surface area contributed by atoms with Gasteiger partial charge in [0.15, 0.2) is 5.82 Å². The van der Waals surface area contributed by atoms with Gasteiger partial charge in [0.05, 0.1) is 5.69 Å². The highest BCUT2D eigenvalue weighted by Crippen LogP contribution is 2.32. The molecule has 3 rings (SSSR count). The van der Waals surface area contributed by atoms with Crippen LogP contribution in [0, 0.1) is 17.7 Å². The van der Waals surface area contributed by atoms with E-state index in [-0.39, 0.29) is 22.7 Å². The Balaban J connectivity index is 2.05. The molecule has 1 heterocycles. The van der Waals surface area contributed by atoms with Gasteiger partial charge in [0.25, 0.3) is 0 Å². The van der Waals surface area contributed by atoms with Crippen LogP contribution < -0.4 is 0 Å². The predicted octanol–water partition coefficient (Wildman–Crippen LogP) is 7.25. The minimum atomic E-state index is -4.83. The van der Waals surface area contributed by atoms with Crippen molar-refractivity contribution in [3.8, 4) is 23.2 Å². The van der Waals surface area contributed by atoms with Gasteiger partial charge in [-0.3, -0.25) is 4.99 Å². The highest BCUT2D eigenvalue weighted by Gasteiger charge is 2.34. The Morgan fingerprint density at radius 3 is 2.17 bits per heavy atom. The van der Waals surface area contributed by atoms with Crippen molar-refractivity contribution in [1.29, 1.82) is 0 Å². The first kappa shape index (κ1) is 26.3. The largest absolute Gasteiger partial charge is 0.433 e. The predicted molar refractivity (Wildman–Crippen MR) is 122 cm³/mol. The second-order valence-corrected chi connectivity index (χ2v) is 7.35. The van der Waals surface area contributed by atoms with Gasteiger partial charge in [-0.1, -0.05) is 30.0 Å². The first-order valence-electron chi connectivity index (χ1n) is 10.1. The van der Waals surface area contributed by atoms with Crippen LogP contribution >= 0.6 is 0 Å². The lowest BCUT2D eigenvalue weighted by Gasteiger charge is -2.11. The summed E-state index contributed by atoms with van der Waals surface area (Å²) in [7, 11) is 0. The Labute approximate surface area is 201 Å². The van der Waals surface area contributed by atoms with Gasteiger partial charge in [0, 0.05) is 16.7 Å². The summed E-state index contributed by atoms with van der Waals surface area (Å²) in [5.41, 5.74) is -1.61. The Morgan fingerprint density at radius 2 is 1.56 bits per heavy atom. The fourth-order valence-electron chi connectivity index (χ4n) is 2.86. The zero-order valence-corrected chi connectivity index (χ0v) is 18.5. The van der Waals surface area contributed by atoms with Crippen LogP contribution in [-0.2, 0) is 6.18 Å². The number of aromatic nitrogens is 2. The standard InChI is InChI=1S/C26H16F7N3/c1-16(6-13-22(34-2)25(28,29)30)21-15-23(26(31,32)33)36-24(35-21)19-5-3-4-18(14-19)8-7-17-9-11-20(27)12-10-17/h3-6,9-15H,2H2,1H3/b16-6+,22-13-. The first-order valence-corrected chi connectivity index (χ1v) is 10.1. The summed E-state index contributed by atoms with van der Waals surface area (Å²) in [6.45, 7) is 4.17.